The molecule has 10 heteroatoms. The van der Waals surface area contributed by atoms with Gasteiger partial charge in [0.2, 0.25) is 11.8 Å². The summed E-state index contributed by atoms with van der Waals surface area (Å²) < 4.78 is 5.29. The van der Waals surface area contributed by atoms with Crippen LogP contribution in [0.3, 0.4) is 0 Å². The molecule has 1 aliphatic rings. The number of nitrogens with one attached hydrogen (secondary N) is 1. The van der Waals surface area contributed by atoms with Crippen LogP contribution in [0.2, 0.25) is 0 Å². The minimum Gasteiger partial charge on any atom is -0.463 e. The molecule has 2 aromatic rings. The van der Waals surface area contributed by atoms with Gasteiger partial charge in [-0.25, -0.2) is 15.0 Å². The Labute approximate surface area is 184 Å². The first-order chi connectivity index (χ1) is 14.8. The highest BCUT2D eigenvalue weighted by Gasteiger charge is 2.36. The molecule has 0 spiro atoms. The van der Waals surface area contributed by atoms with E-state index in [0.29, 0.717) is 5.69 Å². The number of carbonyl (C=O) groups is 2. The van der Waals surface area contributed by atoms with Gasteiger partial charge in [-0.2, -0.15) is 0 Å². The number of hydrogen-bond acceptors (Lipinski definition) is 7. The number of benzene rings is 1. The first-order valence-electron chi connectivity index (χ1n) is 9.33. The van der Waals surface area contributed by atoms with Crippen LogP contribution in [-0.2, 0) is 10.3 Å². The van der Waals surface area contributed by atoms with Gasteiger partial charge in [0.15, 0.2) is 12.6 Å². The predicted octanol–water partition coefficient (Wildman–Crippen LogP) is 1.74. The summed E-state index contributed by atoms with van der Waals surface area (Å²) in [6.07, 6.45) is 2.83. The van der Waals surface area contributed by atoms with Gasteiger partial charge in [0.25, 0.3) is 5.91 Å². The van der Waals surface area contributed by atoms with Crippen molar-refractivity contribution in [3.63, 3.8) is 0 Å². The van der Waals surface area contributed by atoms with Crippen molar-refractivity contribution in [1.29, 1.82) is 0 Å². The summed E-state index contributed by atoms with van der Waals surface area (Å²) in [6, 6.07) is 7.10. The molecule has 160 valence electrons. The van der Waals surface area contributed by atoms with E-state index < -0.39 is 11.4 Å². The minimum atomic E-state index is -0.820. The number of aliphatic imine (C=N–C) groups is 1. The smallest absolute Gasteiger partial charge is 0.275 e. The van der Waals surface area contributed by atoms with Gasteiger partial charge in [0.05, 0.1) is 30.2 Å². The lowest BCUT2D eigenvalue weighted by atomic mass is 9.87. The number of nitrogens with zero attached hydrogens (tertiary/aromatic N) is 4. The third-order valence-corrected chi connectivity index (χ3v) is 4.80. The summed E-state index contributed by atoms with van der Waals surface area (Å²) in [5, 5.41) is 2.77. The van der Waals surface area contributed by atoms with Gasteiger partial charge in [0, 0.05) is 12.7 Å². The van der Waals surface area contributed by atoms with Crippen molar-refractivity contribution in [1.82, 2.24) is 14.9 Å². The Morgan fingerprint density at radius 2 is 2.16 bits per heavy atom. The maximum atomic E-state index is 12.5. The molecule has 0 bridgehead atoms. The Morgan fingerprint density at radius 3 is 2.84 bits per heavy atom. The second kappa shape index (κ2) is 9.45. The van der Waals surface area contributed by atoms with E-state index in [0.717, 1.165) is 5.56 Å². The summed E-state index contributed by atoms with van der Waals surface area (Å²) in [7, 11) is 1.59. The molecule has 1 aromatic heterocycles. The summed E-state index contributed by atoms with van der Waals surface area (Å²) in [4.78, 5) is 38.7. The van der Waals surface area contributed by atoms with Crippen LogP contribution in [-0.4, -0.2) is 52.2 Å². The number of guanidine groups is 1. The molecule has 2 heterocycles. The molecule has 0 radical (unpaired) electrons. The second-order valence-corrected chi connectivity index (χ2v) is 7.19. The molecule has 2 amide bonds. The number of carbonyl (C=O) groups excluding carboxylic acids is 2. The SMILES string of the molecule is CN1C(=O)CC(C)(c2cccc(NC(=O)c3cnc(OCC#CCCl)cn3)c2)N=C1N. The van der Waals surface area contributed by atoms with Crippen molar-refractivity contribution >= 4 is 35.1 Å². The Balaban J connectivity index is 1.71. The van der Waals surface area contributed by atoms with Crippen LogP contribution in [0, 0.1) is 11.8 Å². The largest absolute Gasteiger partial charge is 0.463 e. The molecule has 9 nitrogen and oxygen atoms in total. The van der Waals surface area contributed by atoms with E-state index in [1.165, 1.54) is 17.3 Å². The maximum Gasteiger partial charge on any atom is 0.275 e. The Morgan fingerprint density at radius 1 is 1.35 bits per heavy atom. The van der Waals surface area contributed by atoms with Crippen LogP contribution >= 0.6 is 11.6 Å². The van der Waals surface area contributed by atoms with E-state index in [1.54, 1.807) is 25.2 Å². The molecule has 1 atom stereocenters. The van der Waals surface area contributed by atoms with Crippen molar-refractivity contribution in [3.8, 4) is 17.7 Å². The third-order valence-electron chi connectivity index (χ3n) is 4.66. The Bertz CT molecular complexity index is 1080. The zero-order chi connectivity index (χ0) is 22.4. The summed E-state index contributed by atoms with van der Waals surface area (Å²) >= 11 is 5.46. The van der Waals surface area contributed by atoms with Gasteiger partial charge in [-0.3, -0.25) is 14.5 Å². The van der Waals surface area contributed by atoms with E-state index >= 15 is 0 Å². The zero-order valence-electron chi connectivity index (χ0n) is 17.1. The lowest BCUT2D eigenvalue weighted by Gasteiger charge is -2.33. The first-order valence-corrected chi connectivity index (χ1v) is 9.86. The van der Waals surface area contributed by atoms with Gasteiger partial charge in [-0.05, 0) is 24.6 Å². The highest BCUT2D eigenvalue weighted by atomic mass is 35.5. The van der Waals surface area contributed by atoms with Gasteiger partial charge < -0.3 is 15.8 Å². The fourth-order valence-corrected chi connectivity index (χ4v) is 3.01. The number of rotatable bonds is 5. The highest BCUT2D eigenvalue weighted by molar-refractivity contribution is 6.19. The predicted molar refractivity (Wildman–Crippen MR) is 117 cm³/mol. The molecule has 0 aliphatic carbocycles. The van der Waals surface area contributed by atoms with Crippen LogP contribution < -0.4 is 15.8 Å². The number of alkyl halides is 1. The van der Waals surface area contributed by atoms with E-state index in [9.17, 15) is 9.59 Å². The average Bonchev–Trinajstić information content (AvgIpc) is 2.75. The Kier molecular flexibility index (Phi) is 6.72. The number of aromatic nitrogens is 2. The van der Waals surface area contributed by atoms with Gasteiger partial charge in [-0.15, -0.1) is 11.6 Å². The number of anilines is 1. The minimum absolute atomic E-state index is 0.118. The van der Waals surface area contributed by atoms with E-state index in [-0.39, 0.29) is 42.3 Å². The van der Waals surface area contributed by atoms with Crippen LogP contribution in [0.4, 0.5) is 5.69 Å². The van der Waals surface area contributed by atoms with Crippen LogP contribution in [0.15, 0.2) is 41.7 Å². The lowest BCUT2D eigenvalue weighted by Crippen LogP contribution is -2.47. The van der Waals surface area contributed by atoms with Gasteiger partial charge >= 0.3 is 0 Å². The van der Waals surface area contributed by atoms with Crippen molar-refractivity contribution in [3.05, 3.63) is 47.9 Å². The third kappa shape index (κ3) is 5.29. The summed E-state index contributed by atoms with van der Waals surface area (Å²) in [5.41, 5.74) is 6.46. The molecule has 1 aromatic carbocycles. The molecule has 0 saturated carbocycles. The standard InChI is InChI=1S/C21H21ClN6O3/c1-21(11-18(29)28(2)20(23)27-21)14-6-5-7-15(10-14)26-19(30)16-12-25-17(13-24-16)31-9-4-3-8-22/h5-7,10,12-13H,8-9,11H2,1-2H3,(H2,23,27)(H,26,30). The average molecular weight is 441 g/mol. The normalized spacial score (nSPS) is 18.0. The zero-order valence-corrected chi connectivity index (χ0v) is 17.8. The van der Waals surface area contributed by atoms with E-state index in [2.05, 4.69) is 32.1 Å². The van der Waals surface area contributed by atoms with Crippen molar-refractivity contribution in [2.45, 2.75) is 18.9 Å². The Hall–Kier alpha value is -3.64. The fourth-order valence-electron chi connectivity index (χ4n) is 2.92. The number of ether oxygens (including phenoxy) is 1. The van der Waals surface area contributed by atoms with Crippen molar-refractivity contribution < 1.29 is 14.3 Å². The van der Waals surface area contributed by atoms with Crippen LogP contribution in [0.25, 0.3) is 0 Å². The van der Waals surface area contributed by atoms with E-state index in [4.69, 9.17) is 22.1 Å². The topological polar surface area (TPSA) is 123 Å². The maximum absolute atomic E-state index is 12.5. The lowest BCUT2D eigenvalue weighted by molar-refractivity contribution is -0.128. The van der Waals surface area contributed by atoms with Crippen LogP contribution in [0.5, 0.6) is 5.88 Å². The summed E-state index contributed by atoms with van der Waals surface area (Å²) in [5.74, 6) is 5.42. The summed E-state index contributed by atoms with van der Waals surface area (Å²) in [6.45, 7) is 1.96. The molecule has 0 fully saturated rings. The molecule has 1 unspecified atom stereocenters. The molecule has 3 N–H and O–H groups in total. The number of nitrogens with two attached hydrogens (primary N) is 1. The molecule has 0 saturated heterocycles. The van der Waals surface area contributed by atoms with Gasteiger partial charge in [0.1, 0.15) is 5.69 Å². The molecule has 1 aliphatic heterocycles. The van der Waals surface area contributed by atoms with E-state index in [1.807, 2.05) is 13.0 Å². The number of amides is 2. The monoisotopic (exact) mass is 440 g/mol. The number of halogens is 1. The second-order valence-electron chi connectivity index (χ2n) is 6.92. The fraction of sp³-hybridized carbons (Fsp3) is 0.286. The first kappa shape index (κ1) is 22.1. The van der Waals surface area contributed by atoms with Gasteiger partial charge in [-0.1, -0.05) is 24.0 Å². The molecule has 3 rings (SSSR count). The number of hydrogen-bond donors (Lipinski definition) is 2. The van der Waals surface area contributed by atoms with Crippen LogP contribution in [0.1, 0.15) is 29.4 Å². The highest BCUT2D eigenvalue weighted by Crippen LogP contribution is 2.34. The van der Waals surface area contributed by atoms with Crippen molar-refractivity contribution in [2.75, 3.05) is 24.9 Å². The molecular formula is C21H21ClN6O3. The van der Waals surface area contributed by atoms with Crippen molar-refractivity contribution in [2.24, 2.45) is 10.7 Å². The molecule has 31 heavy (non-hydrogen) atoms. The molecular weight excluding hydrogens is 420 g/mol. The quantitative estimate of drug-likeness (QED) is 0.539.